The number of hydrogen-bond acceptors (Lipinski definition) is 5. The van der Waals surface area contributed by atoms with Crippen molar-refractivity contribution < 1.29 is 23.3 Å². The molecule has 0 saturated heterocycles. The fourth-order valence-electron chi connectivity index (χ4n) is 2.42. The molecule has 0 amide bonds. The van der Waals surface area contributed by atoms with Crippen molar-refractivity contribution in [1.29, 1.82) is 0 Å². The van der Waals surface area contributed by atoms with Crippen LogP contribution in [0.4, 0.5) is 0 Å². The largest absolute Gasteiger partial charge is 0.524 e. The summed E-state index contributed by atoms with van der Waals surface area (Å²) in [4.78, 5) is 33.4. The Kier molecular flexibility index (Phi) is 6.01. The number of phosphoric acid groups is 1. The minimum Gasteiger partial charge on any atom is -0.422 e. The van der Waals surface area contributed by atoms with Crippen molar-refractivity contribution in [2.24, 2.45) is 0 Å². The van der Waals surface area contributed by atoms with E-state index in [1.54, 1.807) is 36.7 Å². The fraction of sp³-hybridized carbons (Fsp3) is 0. The summed E-state index contributed by atoms with van der Waals surface area (Å²) in [6.07, 6.45) is 3.50. The molecule has 2 heterocycles. The van der Waals surface area contributed by atoms with E-state index in [2.05, 4.69) is 9.51 Å². The summed E-state index contributed by atoms with van der Waals surface area (Å²) in [5.74, 6) is -0.0727. The van der Waals surface area contributed by atoms with Gasteiger partial charge in [0.25, 0.3) is 0 Å². The maximum Gasteiger partial charge on any atom is 0.524 e. The number of aromatic nitrogens is 1. The molecule has 0 radical (unpaired) electrons. The number of hydrogen-bond donors (Lipinski definition) is 2. The minimum absolute atomic E-state index is 0.0727. The van der Waals surface area contributed by atoms with Crippen molar-refractivity contribution in [3.05, 3.63) is 95.6 Å². The molecule has 4 aromatic rings. The monoisotopic (exact) mass is 397 g/mol. The highest BCUT2D eigenvalue weighted by molar-refractivity contribution is 7.46. The Morgan fingerprint density at radius 1 is 0.893 bits per heavy atom. The van der Waals surface area contributed by atoms with E-state index in [9.17, 15) is 9.36 Å². The maximum atomic E-state index is 12.1. The Bertz CT molecular complexity index is 1130. The van der Waals surface area contributed by atoms with Crippen molar-refractivity contribution in [2.45, 2.75) is 0 Å². The van der Waals surface area contributed by atoms with Gasteiger partial charge in [0.05, 0.1) is 5.56 Å². The number of nitrogens with zero attached hydrogens (tertiary/aromatic N) is 1. The second kappa shape index (κ2) is 8.63. The molecule has 0 aliphatic carbocycles. The first-order chi connectivity index (χ1) is 13.4. The third-order valence-electron chi connectivity index (χ3n) is 3.58. The molecule has 4 rings (SSSR count). The van der Waals surface area contributed by atoms with Gasteiger partial charge in [-0.25, -0.2) is 9.36 Å². The van der Waals surface area contributed by atoms with Gasteiger partial charge in [-0.05, 0) is 35.9 Å². The zero-order valence-corrected chi connectivity index (χ0v) is 15.4. The van der Waals surface area contributed by atoms with Crippen LogP contribution in [0.15, 0.2) is 94.4 Å². The van der Waals surface area contributed by atoms with Crippen LogP contribution in [0.5, 0.6) is 5.75 Å². The van der Waals surface area contributed by atoms with Crippen LogP contribution in [0.3, 0.4) is 0 Å². The Balaban J connectivity index is 0.000000320. The van der Waals surface area contributed by atoms with E-state index < -0.39 is 13.4 Å². The van der Waals surface area contributed by atoms with Gasteiger partial charge in [0.15, 0.2) is 0 Å². The van der Waals surface area contributed by atoms with Crippen molar-refractivity contribution in [3.63, 3.8) is 0 Å². The highest BCUT2D eigenvalue weighted by Crippen LogP contribution is 2.38. The topological polar surface area (TPSA) is 110 Å². The number of rotatable bonds is 3. The molecule has 0 bridgehead atoms. The van der Waals surface area contributed by atoms with Crippen LogP contribution in [0, 0.1) is 0 Å². The molecule has 0 spiro atoms. The average molecular weight is 397 g/mol. The molecule has 0 saturated carbocycles. The van der Waals surface area contributed by atoms with Gasteiger partial charge in [-0.1, -0.05) is 36.4 Å². The molecule has 8 heteroatoms. The van der Waals surface area contributed by atoms with E-state index in [1.165, 1.54) is 12.1 Å². The summed E-state index contributed by atoms with van der Waals surface area (Å²) in [6, 6.07) is 20.7. The van der Waals surface area contributed by atoms with E-state index in [0.717, 1.165) is 5.56 Å². The van der Waals surface area contributed by atoms with Crippen molar-refractivity contribution in [1.82, 2.24) is 4.98 Å². The number of benzene rings is 2. The normalized spacial score (nSPS) is 10.8. The molecule has 0 unspecified atom stereocenters. The highest BCUT2D eigenvalue weighted by atomic mass is 31.2. The molecule has 2 N–H and O–H groups in total. The third-order valence-corrected chi connectivity index (χ3v) is 4.03. The van der Waals surface area contributed by atoms with Gasteiger partial charge in [-0.2, -0.15) is 0 Å². The van der Waals surface area contributed by atoms with Gasteiger partial charge < -0.3 is 8.94 Å². The second-order valence-corrected chi connectivity index (χ2v) is 6.78. The summed E-state index contributed by atoms with van der Waals surface area (Å²) in [5, 5.41) is 0.622. The lowest BCUT2D eigenvalue weighted by atomic mass is 10.1. The van der Waals surface area contributed by atoms with Crippen LogP contribution in [-0.4, -0.2) is 14.8 Å². The summed E-state index contributed by atoms with van der Waals surface area (Å²) in [5.41, 5.74) is 0.799. The molecule has 0 fully saturated rings. The predicted octanol–water partition coefficient (Wildman–Crippen LogP) is 4.01. The van der Waals surface area contributed by atoms with E-state index in [4.69, 9.17) is 14.2 Å². The van der Waals surface area contributed by atoms with Gasteiger partial charge in [0.2, 0.25) is 0 Å². The second-order valence-electron chi connectivity index (χ2n) is 5.62. The third kappa shape index (κ3) is 5.37. The van der Waals surface area contributed by atoms with E-state index in [-0.39, 0.29) is 11.3 Å². The first kappa shape index (κ1) is 19.5. The SMILES string of the molecule is O=c1oc2cc(OP(=O)(O)O)ccc2cc1-c1ccccc1.c1ccncc1. The van der Waals surface area contributed by atoms with Crippen LogP contribution in [0.1, 0.15) is 0 Å². The number of pyridine rings is 1. The molecule has 2 aromatic carbocycles. The molecular weight excluding hydrogens is 381 g/mol. The number of phosphoric ester groups is 1. The average Bonchev–Trinajstić information content (AvgIpc) is 2.69. The van der Waals surface area contributed by atoms with E-state index in [0.29, 0.717) is 10.9 Å². The van der Waals surface area contributed by atoms with Crippen LogP contribution >= 0.6 is 7.82 Å². The van der Waals surface area contributed by atoms with Crippen LogP contribution in [0.25, 0.3) is 22.1 Å². The lowest BCUT2D eigenvalue weighted by Crippen LogP contribution is -2.02. The van der Waals surface area contributed by atoms with Crippen molar-refractivity contribution in [2.75, 3.05) is 0 Å². The zero-order valence-electron chi connectivity index (χ0n) is 14.5. The van der Waals surface area contributed by atoms with Crippen molar-refractivity contribution >= 4 is 18.8 Å². The first-order valence-corrected chi connectivity index (χ1v) is 9.69. The smallest absolute Gasteiger partial charge is 0.422 e. The fourth-order valence-corrected chi connectivity index (χ4v) is 2.81. The summed E-state index contributed by atoms with van der Waals surface area (Å²) in [6.45, 7) is 0. The molecular formula is C20H16NO6P. The lowest BCUT2D eigenvalue weighted by molar-refractivity contribution is 0.283. The van der Waals surface area contributed by atoms with Crippen LogP contribution in [-0.2, 0) is 4.57 Å². The Hall–Kier alpha value is -3.25. The molecule has 142 valence electrons. The molecule has 2 aromatic heterocycles. The maximum absolute atomic E-state index is 12.1. The Morgan fingerprint density at radius 2 is 1.57 bits per heavy atom. The van der Waals surface area contributed by atoms with E-state index >= 15 is 0 Å². The zero-order chi connectivity index (χ0) is 20.0. The number of fused-ring (bicyclic) bond motifs is 1. The standard InChI is InChI=1S/C15H11O6P.C5H5N/c16-15-13(10-4-2-1-3-5-10)8-11-6-7-12(9-14(11)20-15)21-22(17,18)19;1-2-4-6-5-3-1/h1-9H,(H2,17,18,19);1-5H. The molecule has 0 aliphatic rings. The van der Waals surface area contributed by atoms with Gasteiger partial charge in [-0.3, -0.25) is 14.8 Å². The quantitative estimate of drug-likeness (QED) is 0.397. The highest BCUT2D eigenvalue weighted by Gasteiger charge is 2.16. The van der Waals surface area contributed by atoms with Crippen molar-refractivity contribution in [3.8, 4) is 16.9 Å². The predicted molar refractivity (Wildman–Crippen MR) is 105 cm³/mol. The molecule has 0 atom stereocenters. The van der Waals surface area contributed by atoms with Gasteiger partial charge in [0.1, 0.15) is 11.3 Å². The van der Waals surface area contributed by atoms with E-state index in [1.807, 2.05) is 36.4 Å². The van der Waals surface area contributed by atoms with Crippen LogP contribution < -0.4 is 10.1 Å². The summed E-state index contributed by atoms with van der Waals surface area (Å²) < 4.78 is 20.5. The van der Waals surface area contributed by atoms with Gasteiger partial charge in [0, 0.05) is 23.8 Å². The lowest BCUT2D eigenvalue weighted by Gasteiger charge is -2.07. The summed E-state index contributed by atoms with van der Waals surface area (Å²) >= 11 is 0. The molecule has 28 heavy (non-hydrogen) atoms. The summed E-state index contributed by atoms with van der Waals surface area (Å²) in [7, 11) is -4.65. The molecule has 0 aliphatic heterocycles. The first-order valence-electron chi connectivity index (χ1n) is 8.16. The van der Waals surface area contributed by atoms with Crippen LogP contribution in [0.2, 0.25) is 0 Å². The molecule has 7 nitrogen and oxygen atoms in total. The Labute approximate surface area is 160 Å². The Morgan fingerprint density at radius 3 is 2.14 bits per heavy atom. The van der Waals surface area contributed by atoms with Gasteiger partial charge in [-0.15, -0.1) is 0 Å². The van der Waals surface area contributed by atoms with Gasteiger partial charge >= 0.3 is 13.4 Å². The minimum atomic E-state index is -4.65.